The van der Waals surface area contributed by atoms with Gasteiger partial charge in [-0.2, -0.15) is 0 Å². The smallest absolute Gasteiger partial charge is 0.481 e. The largest absolute Gasteiger partial charge is 0.491 e. The minimum Gasteiger partial charge on any atom is -0.481 e. The molecular formula is C27H31B2N3O9. The number of carboxylic acids is 1. The van der Waals surface area contributed by atoms with Crippen LogP contribution in [0.2, 0.25) is 0 Å². The average Bonchev–Trinajstić information content (AvgIpc) is 3.65. The molecule has 0 aromatic heterocycles. The lowest BCUT2D eigenvalue weighted by molar-refractivity contribution is -0.139. The summed E-state index contributed by atoms with van der Waals surface area (Å²) in [5, 5.41) is 37.9. The Labute approximate surface area is 237 Å². The first-order chi connectivity index (χ1) is 19.5. The Hall–Kier alpha value is -3.71. The fourth-order valence-corrected chi connectivity index (χ4v) is 5.75. The van der Waals surface area contributed by atoms with Crippen molar-refractivity contribution in [3.63, 3.8) is 0 Å². The Kier molecular flexibility index (Phi) is 8.18. The molecule has 12 nitrogen and oxygen atoms in total. The second-order valence-corrected chi connectivity index (χ2v) is 10.9. The summed E-state index contributed by atoms with van der Waals surface area (Å²) in [5.74, 6) is -2.83. The Morgan fingerprint density at radius 3 is 1.90 bits per heavy atom. The fraction of sp³-hybridized carbons (Fsp3) is 0.407. The lowest BCUT2D eigenvalue weighted by Gasteiger charge is -2.33. The summed E-state index contributed by atoms with van der Waals surface area (Å²) in [6, 6.07) is 7.28. The topological polar surface area (TPSA) is 184 Å². The Morgan fingerprint density at radius 2 is 1.39 bits per heavy atom. The molecule has 0 spiro atoms. The molecule has 1 fully saturated rings. The maximum atomic E-state index is 13.7. The number of carbonyl (C=O) groups is 4. The number of nitrogens with one attached hydrogen (secondary N) is 3. The first-order valence-corrected chi connectivity index (χ1v) is 13.6. The van der Waals surface area contributed by atoms with E-state index in [1.54, 1.807) is 31.2 Å². The maximum absolute atomic E-state index is 13.7. The quantitative estimate of drug-likeness (QED) is 0.207. The van der Waals surface area contributed by atoms with E-state index in [2.05, 4.69) is 16.0 Å². The summed E-state index contributed by atoms with van der Waals surface area (Å²) < 4.78 is 10.4. The molecule has 1 saturated carbocycles. The van der Waals surface area contributed by atoms with E-state index in [9.17, 15) is 34.3 Å². The number of fused-ring (bicyclic) bond motifs is 2. The molecule has 2 aliphatic heterocycles. The highest BCUT2D eigenvalue weighted by molar-refractivity contribution is 6.62. The van der Waals surface area contributed by atoms with E-state index in [1.165, 1.54) is 12.1 Å². The van der Waals surface area contributed by atoms with E-state index in [0.29, 0.717) is 23.8 Å². The van der Waals surface area contributed by atoms with Crippen LogP contribution < -0.4 is 26.9 Å². The number of hydrogen-bond donors (Lipinski definition) is 6. The van der Waals surface area contributed by atoms with Crippen LogP contribution in [0.15, 0.2) is 36.4 Å². The van der Waals surface area contributed by atoms with Gasteiger partial charge in [-0.3, -0.25) is 19.2 Å². The number of rotatable bonds is 9. The van der Waals surface area contributed by atoms with Crippen molar-refractivity contribution in [3.8, 4) is 0 Å². The second-order valence-electron chi connectivity index (χ2n) is 10.9. The van der Waals surface area contributed by atoms with E-state index < -0.39 is 55.6 Å². The fourth-order valence-electron chi connectivity index (χ4n) is 5.75. The van der Waals surface area contributed by atoms with Crippen LogP contribution in [0.4, 0.5) is 0 Å². The summed E-state index contributed by atoms with van der Waals surface area (Å²) in [6.45, 7) is 2.00. The normalized spacial score (nSPS) is 18.3. The number of benzene rings is 2. The zero-order valence-corrected chi connectivity index (χ0v) is 22.5. The van der Waals surface area contributed by atoms with Crippen molar-refractivity contribution in [1.82, 2.24) is 16.0 Å². The van der Waals surface area contributed by atoms with Gasteiger partial charge in [-0.15, -0.1) is 0 Å². The molecule has 0 saturated heterocycles. The minimum atomic E-state index is -1.27. The predicted octanol–water partition coefficient (Wildman–Crippen LogP) is -1.06. The lowest BCUT2D eigenvalue weighted by Crippen LogP contribution is -2.61. The number of aliphatic carboxylic acids is 1. The van der Waals surface area contributed by atoms with Gasteiger partial charge in [0.2, 0.25) is 5.91 Å². The summed E-state index contributed by atoms with van der Waals surface area (Å²) in [6.07, 6.45) is 2.21. The molecule has 6 N–H and O–H groups in total. The number of carbonyl (C=O) groups excluding carboxylic acids is 3. The van der Waals surface area contributed by atoms with Gasteiger partial charge >= 0.3 is 20.2 Å². The molecule has 2 aromatic rings. The summed E-state index contributed by atoms with van der Waals surface area (Å²) in [5.41, 5.74) is 1.89. The number of hydrogen-bond acceptors (Lipinski definition) is 8. The molecule has 14 heteroatoms. The molecular weight excluding hydrogens is 532 g/mol. The lowest BCUT2D eigenvalue weighted by atomic mass is 9.78. The van der Waals surface area contributed by atoms with Gasteiger partial charge in [0, 0.05) is 11.1 Å². The van der Waals surface area contributed by atoms with E-state index in [-0.39, 0.29) is 30.8 Å². The van der Waals surface area contributed by atoms with Gasteiger partial charge in [-0.1, -0.05) is 25.0 Å². The molecule has 0 radical (unpaired) electrons. The third-order valence-electron chi connectivity index (χ3n) is 8.01. The molecule has 214 valence electrons. The number of amides is 3. The summed E-state index contributed by atoms with van der Waals surface area (Å²) >= 11 is 0. The van der Waals surface area contributed by atoms with Gasteiger partial charge in [-0.25, -0.2) is 0 Å². The van der Waals surface area contributed by atoms with Crippen molar-refractivity contribution in [3.05, 3.63) is 58.7 Å². The maximum Gasteiger partial charge on any atom is 0.491 e. The van der Waals surface area contributed by atoms with Crippen molar-refractivity contribution in [2.24, 2.45) is 0 Å². The molecule has 3 amide bonds. The molecule has 0 unspecified atom stereocenters. The van der Waals surface area contributed by atoms with Crippen molar-refractivity contribution in [2.45, 2.75) is 69.9 Å². The van der Waals surface area contributed by atoms with Gasteiger partial charge in [0.1, 0.15) is 6.04 Å². The first kappa shape index (κ1) is 28.8. The van der Waals surface area contributed by atoms with E-state index in [0.717, 1.165) is 24.0 Å². The highest BCUT2D eigenvalue weighted by atomic mass is 16.5. The Bertz CT molecular complexity index is 1380. The van der Waals surface area contributed by atoms with Crippen LogP contribution in [-0.2, 0) is 32.1 Å². The molecule has 3 aliphatic rings. The zero-order valence-electron chi connectivity index (χ0n) is 22.5. The summed E-state index contributed by atoms with van der Waals surface area (Å²) in [7, 11) is -2.30. The second kappa shape index (κ2) is 11.6. The van der Waals surface area contributed by atoms with Crippen molar-refractivity contribution >= 4 is 48.9 Å². The van der Waals surface area contributed by atoms with Crippen LogP contribution >= 0.6 is 0 Å². The summed E-state index contributed by atoms with van der Waals surface area (Å²) in [4.78, 5) is 51.8. The van der Waals surface area contributed by atoms with Gasteiger partial charge in [0.25, 0.3) is 11.8 Å². The minimum absolute atomic E-state index is 0.179. The van der Waals surface area contributed by atoms with Gasteiger partial charge in [0.15, 0.2) is 0 Å². The third kappa shape index (κ3) is 6.15. The monoisotopic (exact) mass is 563 g/mol. The molecule has 2 aromatic carbocycles. The molecule has 2 atom stereocenters. The molecule has 1 aliphatic carbocycles. The standard InChI is InChI=1S/C27H31B2N3O9/c1-15(30-24(35)16-4-6-18-13-40-28(38)20(18)10-16)23(26(37)32-27(12-22(33)34)8-2-3-9-27)31-25(36)17-5-7-19-14-41-29(39)21(19)11-17/h4-7,10-11,15,23,38-39H,2-3,8-9,12-14H2,1H3,(H,30,35)(H,31,36)(H,32,37)(H,33,34)/t15-,23-/m0/s1. The average molecular weight is 563 g/mol. The first-order valence-electron chi connectivity index (χ1n) is 13.6. The Morgan fingerprint density at radius 1 is 0.878 bits per heavy atom. The third-order valence-corrected chi connectivity index (χ3v) is 8.01. The van der Waals surface area contributed by atoms with Crippen LogP contribution in [0.3, 0.4) is 0 Å². The predicted molar refractivity (Wildman–Crippen MR) is 147 cm³/mol. The molecule has 41 heavy (non-hydrogen) atoms. The number of carboxylic acid groups (broad SMARTS) is 1. The highest BCUT2D eigenvalue weighted by Crippen LogP contribution is 2.33. The van der Waals surface area contributed by atoms with Crippen LogP contribution in [0, 0.1) is 0 Å². The van der Waals surface area contributed by atoms with Crippen LogP contribution in [0.5, 0.6) is 0 Å². The van der Waals surface area contributed by atoms with Crippen LogP contribution in [-0.4, -0.2) is 70.7 Å². The zero-order chi connectivity index (χ0) is 29.3. The van der Waals surface area contributed by atoms with Gasteiger partial charge < -0.3 is 40.4 Å². The van der Waals surface area contributed by atoms with Crippen LogP contribution in [0.25, 0.3) is 0 Å². The Balaban J connectivity index is 1.37. The molecule has 0 bridgehead atoms. The highest BCUT2D eigenvalue weighted by Gasteiger charge is 2.41. The molecule has 5 rings (SSSR count). The molecule has 2 heterocycles. The van der Waals surface area contributed by atoms with Crippen molar-refractivity contribution < 1.29 is 43.6 Å². The van der Waals surface area contributed by atoms with Crippen molar-refractivity contribution in [1.29, 1.82) is 0 Å². The van der Waals surface area contributed by atoms with Crippen molar-refractivity contribution in [2.75, 3.05) is 0 Å². The SMILES string of the molecule is C[C@H](NC(=O)c1ccc2c(c1)B(O)OC2)[C@H](NC(=O)c1ccc2c(c1)B(O)OC2)C(=O)NC1(CC(=O)O)CCCC1. The van der Waals surface area contributed by atoms with Gasteiger partial charge in [-0.05, 0) is 66.1 Å². The van der Waals surface area contributed by atoms with Gasteiger partial charge in [0.05, 0.1) is 31.2 Å². The van der Waals surface area contributed by atoms with Crippen LogP contribution in [0.1, 0.15) is 70.9 Å². The van der Waals surface area contributed by atoms with E-state index >= 15 is 0 Å². The van der Waals surface area contributed by atoms with E-state index in [1.807, 2.05) is 0 Å². The van der Waals surface area contributed by atoms with E-state index in [4.69, 9.17) is 9.31 Å².